The Morgan fingerprint density at radius 3 is 2.75 bits per heavy atom. The maximum Gasteiger partial charge on any atom is 0.160 e. The predicted octanol–water partition coefficient (Wildman–Crippen LogP) is 2.94. The molecule has 1 aromatic carbocycles. The van der Waals surface area contributed by atoms with Crippen LogP contribution in [-0.2, 0) is 0 Å². The zero-order chi connectivity index (χ0) is 11.5. The van der Waals surface area contributed by atoms with Crippen LogP contribution in [0, 0.1) is 0 Å². The van der Waals surface area contributed by atoms with Gasteiger partial charge in [0.25, 0.3) is 0 Å². The molecular formula is C12H10O3S. The fourth-order valence-electron chi connectivity index (χ4n) is 1.41. The topological polar surface area (TPSA) is 46.5 Å². The molecule has 0 amide bonds. The van der Waals surface area contributed by atoms with Gasteiger partial charge in [-0.25, -0.2) is 0 Å². The van der Waals surface area contributed by atoms with Crippen LogP contribution in [0.1, 0.15) is 9.67 Å². The highest BCUT2D eigenvalue weighted by Gasteiger charge is 2.05. The number of ether oxygens (including phenoxy) is 1. The van der Waals surface area contributed by atoms with Gasteiger partial charge in [0.15, 0.2) is 6.29 Å². The summed E-state index contributed by atoms with van der Waals surface area (Å²) in [5, 5.41) is 9.51. The van der Waals surface area contributed by atoms with Crippen LogP contribution < -0.4 is 4.74 Å². The quantitative estimate of drug-likeness (QED) is 0.830. The standard InChI is InChI=1S/C12H10O3S/c1-15-10-5-8(4-9(14)6-10)12-3-2-11(7-13)16-12/h2-7,14H,1H3. The number of benzene rings is 1. The van der Waals surface area contributed by atoms with Crippen molar-refractivity contribution in [2.75, 3.05) is 7.11 Å². The highest BCUT2D eigenvalue weighted by atomic mass is 32.1. The van der Waals surface area contributed by atoms with Crippen molar-refractivity contribution in [2.24, 2.45) is 0 Å². The highest BCUT2D eigenvalue weighted by molar-refractivity contribution is 7.17. The fraction of sp³-hybridized carbons (Fsp3) is 0.0833. The molecule has 0 aliphatic rings. The largest absolute Gasteiger partial charge is 0.508 e. The van der Waals surface area contributed by atoms with E-state index in [1.807, 2.05) is 12.1 Å². The molecule has 0 unspecified atom stereocenters. The maximum atomic E-state index is 10.6. The van der Waals surface area contributed by atoms with Gasteiger partial charge in [0.05, 0.1) is 12.0 Å². The van der Waals surface area contributed by atoms with Crippen molar-refractivity contribution in [3.05, 3.63) is 35.2 Å². The van der Waals surface area contributed by atoms with Crippen molar-refractivity contribution in [1.29, 1.82) is 0 Å². The molecule has 4 heteroatoms. The number of phenols is 1. The lowest BCUT2D eigenvalue weighted by Gasteiger charge is -2.03. The van der Waals surface area contributed by atoms with Crippen LogP contribution in [0.5, 0.6) is 11.5 Å². The summed E-state index contributed by atoms with van der Waals surface area (Å²) in [6.07, 6.45) is 0.814. The molecule has 3 nitrogen and oxygen atoms in total. The molecule has 0 aliphatic heterocycles. The van der Waals surface area contributed by atoms with Crippen LogP contribution in [0.4, 0.5) is 0 Å². The number of carbonyl (C=O) groups excluding carboxylic acids is 1. The summed E-state index contributed by atoms with van der Waals surface area (Å²) in [7, 11) is 1.55. The third-order valence-electron chi connectivity index (χ3n) is 2.15. The number of aromatic hydroxyl groups is 1. The number of hydrogen-bond donors (Lipinski definition) is 1. The van der Waals surface area contributed by atoms with Crippen molar-refractivity contribution >= 4 is 17.6 Å². The van der Waals surface area contributed by atoms with Gasteiger partial charge >= 0.3 is 0 Å². The minimum atomic E-state index is 0.149. The molecule has 0 spiro atoms. The van der Waals surface area contributed by atoms with Gasteiger partial charge in [-0.1, -0.05) is 0 Å². The Bertz CT molecular complexity index is 517. The zero-order valence-corrected chi connectivity index (χ0v) is 9.45. The van der Waals surface area contributed by atoms with Crippen LogP contribution >= 0.6 is 11.3 Å². The maximum absolute atomic E-state index is 10.6. The summed E-state index contributed by atoms with van der Waals surface area (Å²) in [6.45, 7) is 0. The normalized spacial score (nSPS) is 10.1. The van der Waals surface area contributed by atoms with Gasteiger partial charge in [0.1, 0.15) is 11.5 Å². The second kappa shape index (κ2) is 4.37. The van der Waals surface area contributed by atoms with E-state index in [1.165, 1.54) is 17.4 Å². The second-order valence-corrected chi connectivity index (χ2v) is 4.35. The first-order chi connectivity index (χ1) is 7.72. The van der Waals surface area contributed by atoms with Crippen molar-refractivity contribution in [1.82, 2.24) is 0 Å². The monoisotopic (exact) mass is 234 g/mol. The van der Waals surface area contributed by atoms with Crippen LogP contribution in [-0.4, -0.2) is 18.5 Å². The minimum absolute atomic E-state index is 0.149. The van der Waals surface area contributed by atoms with Crippen LogP contribution in [0.15, 0.2) is 30.3 Å². The molecule has 1 N–H and O–H groups in total. The molecule has 2 rings (SSSR count). The molecule has 1 heterocycles. The Morgan fingerprint density at radius 2 is 2.12 bits per heavy atom. The van der Waals surface area contributed by atoms with Crippen LogP contribution in [0.25, 0.3) is 10.4 Å². The molecule has 0 saturated heterocycles. The van der Waals surface area contributed by atoms with E-state index in [4.69, 9.17) is 4.74 Å². The Morgan fingerprint density at radius 1 is 1.31 bits per heavy atom. The van der Waals surface area contributed by atoms with E-state index in [0.717, 1.165) is 16.7 Å². The SMILES string of the molecule is COc1cc(O)cc(-c2ccc(C=O)s2)c1. The third kappa shape index (κ3) is 2.06. The first-order valence-corrected chi connectivity index (χ1v) is 5.48. The Hall–Kier alpha value is -1.81. The predicted molar refractivity (Wildman–Crippen MR) is 63.4 cm³/mol. The summed E-state index contributed by atoms with van der Waals surface area (Å²) in [4.78, 5) is 12.2. The molecule has 0 saturated carbocycles. The second-order valence-electron chi connectivity index (χ2n) is 3.24. The number of hydrogen-bond acceptors (Lipinski definition) is 4. The Kier molecular flexibility index (Phi) is 2.92. The zero-order valence-electron chi connectivity index (χ0n) is 8.64. The van der Waals surface area contributed by atoms with Gasteiger partial charge in [-0.2, -0.15) is 0 Å². The van der Waals surface area contributed by atoms with Crippen molar-refractivity contribution in [2.45, 2.75) is 0 Å². The molecule has 0 atom stereocenters. The first kappa shape index (κ1) is 10.7. The third-order valence-corrected chi connectivity index (χ3v) is 3.21. The minimum Gasteiger partial charge on any atom is -0.508 e. The van der Waals surface area contributed by atoms with E-state index < -0.39 is 0 Å². The number of rotatable bonds is 3. The van der Waals surface area contributed by atoms with Crippen molar-refractivity contribution in [3.63, 3.8) is 0 Å². The molecule has 1 aromatic heterocycles. The van der Waals surface area contributed by atoms with E-state index >= 15 is 0 Å². The molecule has 16 heavy (non-hydrogen) atoms. The van der Waals surface area contributed by atoms with Gasteiger partial charge < -0.3 is 9.84 Å². The molecule has 0 bridgehead atoms. The summed E-state index contributed by atoms with van der Waals surface area (Å²) in [6, 6.07) is 8.60. The van der Waals surface area contributed by atoms with Crippen LogP contribution in [0.3, 0.4) is 0 Å². The summed E-state index contributed by atoms with van der Waals surface area (Å²) >= 11 is 1.38. The molecule has 82 valence electrons. The van der Waals surface area contributed by atoms with Gasteiger partial charge in [0, 0.05) is 10.9 Å². The average Bonchev–Trinajstić information content (AvgIpc) is 2.76. The first-order valence-electron chi connectivity index (χ1n) is 4.66. The lowest BCUT2D eigenvalue weighted by atomic mass is 10.1. The van der Waals surface area contributed by atoms with Crippen molar-refractivity contribution < 1.29 is 14.6 Å². The van der Waals surface area contributed by atoms with E-state index in [1.54, 1.807) is 19.2 Å². The van der Waals surface area contributed by atoms with E-state index in [9.17, 15) is 9.90 Å². The summed E-state index contributed by atoms with van der Waals surface area (Å²) in [5.74, 6) is 0.742. The van der Waals surface area contributed by atoms with E-state index in [-0.39, 0.29) is 5.75 Å². The Balaban J connectivity index is 2.46. The molecule has 0 fully saturated rings. The average molecular weight is 234 g/mol. The van der Waals surface area contributed by atoms with Crippen molar-refractivity contribution in [3.8, 4) is 21.9 Å². The number of aldehydes is 1. The summed E-state index contributed by atoms with van der Waals surface area (Å²) in [5.41, 5.74) is 0.843. The van der Waals surface area contributed by atoms with E-state index in [2.05, 4.69) is 0 Å². The number of thiophene rings is 1. The molecule has 0 aliphatic carbocycles. The number of carbonyl (C=O) groups is 1. The Labute approximate surface area is 96.9 Å². The molecule has 0 radical (unpaired) electrons. The number of phenolic OH excluding ortho intramolecular Hbond substituents is 1. The van der Waals surface area contributed by atoms with E-state index in [0.29, 0.717) is 10.6 Å². The molecular weight excluding hydrogens is 224 g/mol. The van der Waals surface area contributed by atoms with Gasteiger partial charge in [-0.05, 0) is 29.8 Å². The lowest BCUT2D eigenvalue weighted by molar-refractivity contribution is 0.112. The smallest absolute Gasteiger partial charge is 0.160 e. The fourth-order valence-corrected chi connectivity index (χ4v) is 2.22. The van der Waals surface area contributed by atoms with Gasteiger partial charge in [-0.3, -0.25) is 4.79 Å². The highest BCUT2D eigenvalue weighted by Crippen LogP contribution is 2.32. The molecule has 2 aromatic rings. The van der Waals surface area contributed by atoms with Gasteiger partial charge in [0.2, 0.25) is 0 Å². The summed E-state index contributed by atoms with van der Waals surface area (Å²) < 4.78 is 5.07. The van der Waals surface area contributed by atoms with Crippen LogP contribution in [0.2, 0.25) is 0 Å². The van der Waals surface area contributed by atoms with Gasteiger partial charge in [-0.15, -0.1) is 11.3 Å². The lowest BCUT2D eigenvalue weighted by Crippen LogP contribution is -1.83. The number of methoxy groups -OCH3 is 1.